The van der Waals surface area contributed by atoms with E-state index in [0.717, 1.165) is 5.56 Å². The molecular weight excluding hydrogens is 414 g/mol. The molecule has 1 unspecified atom stereocenters. The van der Waals surface area contributed by atoms with Crippen LogP contribution in [0.5, 0.6) is 0 Å². The van der Waals surface area contributed by atoms with Gasteiger partial charge in [0, 0.05) is 25.2 Å². The summed E-state index contributed by atoms with van der Waals surface area (Å²) >= 11 is 0. The Hall–Kier alpha value is -4.47. The Morgan fingerprint density at radius 1 is 1.16 bits per heavy atom. The number of nitrogens with one attached hydrogen (secondary N) is 2. The molecule has 2 amide bonds. The number of carbonyl (C=O) groups is 3. The molecule has 0 saturated carbocycles. The molecule has 0 fully saturated rings. The average Bonchev–Trinajstić information content (AvgIpc) is 3.34. The molecule has 0 aliphatic rings. The van der Waals surface area contributed by atoms with Crippen LogP contribution < -0.4 is 16.8 Å². The van der Waals surface area contributed by atoms with E-state index in [0.29, 0.717) is 16.7 Å². The van der Waals surface area contributed by atoms with Gasteiger partial charge in [-0.2, -0.15) is 5.10 Å². The number of ketones is 1. The quantitative estimate of drug-likeness (QED) is 0.368. The zero-order valence-electron chi connectivity index (χ0n) is 17.0. The molecule has 32 heavy (non-hydrogen) atoms. The molecule has 2 aromatic heterocycles. The van der Waals surface area contributed by atoms with E-state index >= 15 is 0 Å². The summed E-state index contributed by atoms with van der Waals surface area (Å²) in [7, 11) is 1.63. The molecule has 4 aromatic rings. The van der Waals surface area contributed by atoms with Gasteiger partial charge in [0.05, 0.1) is 11.1 Å². The van der Waals surface area contributed by atoms with Crippen molar-refractivity contribution < 1.29 is 18.8 Å². The van der Waals surface area contributed by atoms with Gasteiger partial charge in [0.2, 0.25) is 5.78 Å². The first-order valence-corrected chi connectivity index (χ1v) is 9.67. The lowest BCUT2D eigenvalue weighted by Crippen LogP contribution is -2.47. The number of para-hydroxylation sites is 1. The summed E-state index contributed by atoms with van der Waals surface area (Å²) in [5, 5.41) is 6.95. The van der Waals surface area contributed by atoms with Crippen molar-refractivity contribution in [3.05, 3.63) is 76.4 Å². The number of primary amides is 1. The van der Waals surface area contributed by atoms with Crippen LogP contribution in [-0.2, 0) is 23.1 Å². The van der Waals surface area contributed by atoms with Crippen molar-refractivity contribution in [2.24, 2.45) is 12.8 Å². The number of aryl methyl sites for hydroxylation is 1. The molecule has 162 valence electrons. The van der Waals surface area contributed by atoms with Gasteiger partial charge in [0.1, 0.15) is 11.7 Å². The Bertz CT molecular complexity index is 1380. The van der Waals surface area contributed by atoms with Crippen molar-refractivity contribution in [1.29, 1.82) is 0 Å². The van der Waals surface area contributed by atoms with Crippen LogP contribution in [0.1, 0.15) is 15.9 Å². The van der Waals surface area contributed by atoms with Crippen LogP contribution in [0.3, 0.4) is 0 Å². The van der Waals surface area contributed by atoms with Crippen molar-refractivity contribution in [3.8, 4) is 11.3 Å². The van der Waals surface area contributed by atoms with Crippen LogP contribution in [-0.4, -0.2) is 38.4 Å². The summed E-state index contributed by atoms with van der Waals surface area (Å²) in [6.45, 7) is 0. The highest BCUT2D eigenvalue weighted by Crippen LogP contribution is 2.28. The maximum absolute atomic E-state index is 13.2. The van der Waals surface area contributed by atoms with Crippen LogP contribution in [0.15, 0.2) is 63.9 Å². The van der Waals surface area contributed by atoms with Gasteiger partial charge in [0.15, 0.2) is 5.58 Å². The zero-order chi connectivity index (χ0) is 22.8. The fourth-order valence-corrected chi connectivity index (χ4v) is 3.49. The lowest BCUT2D eigenvalue weighted by atomic mass is 10.0. The molecule has 4 N–H and O–H groups in total. The van der Waals surface area contributed by atoms with Crippen molar-refractivity contribution in [3.63, 3.8) is 0 Å². The van der Waals surface area contributed by atoms with Crippen LogP contribution in [0, 0.1) is 0 Å². The first-order chi connectivity index (χ1) is 15.3. The van der Waals surface area contributed by atoms with Crippen LogP contribution >= 0.6 is 0 Å². The lowest BCUT2D eigenvalue weighted by molar-refractivity contribution is -0.137. The van der Waals surface area contributed by atoms with E-state index in [4.69, 9.17) is 10.2 Å². The van der Waals surface area contributed by atoms with E-state index in [1.165, 1.54) is 10.9 Å². The third-order valence-corrected chi connectivity index (χ3v) is 4.93. The Morgan fingerprint density at radius 2 is 1.91 bits per heavy atom. The second-order valence-electron chi connectivity index (χ2n) is 7.20. The van der Waals surface area contributed by atoms with Gasteiger partial charge in [-0.1, -0.05) is 42.5 Å². The number of Topliss-reactive ketones (excluding diaryl/α,β-unsaturated/α-hetero) is 1. The number of aromatic amines is 1. The van der Waals surface area contributed by atoms with E-state index < -0.39 is 29.4 Å². The summed E-state index contributed by atoms with van der Waals surface area (Å²) < 4.78 is 6.52. The summed E-state index contributed by atoms with van der Waals surface area (Å²) in [6, 6.07) is 12.7. The second-order valence-corrected chi connectivity index (χ2v) is 7.20. The smallest absolute Gasteiger partial charge is 0.408 e. The minimum atomic E-state index is -1.15. The number of rotatable bonds is 7. The number of nitrogens with zero attached hydrogens (tertiary/aromatic N) is 2. The number of amides is 2. The number of hydrogen-bond acceptors (Lipinski definition) is 6. The maximum Gasteiger partial charge on any atom is 0.417 e. The highest BCUT2D eigenvalue weighted by atomic mass is 16.4. The SMILES string of the molecule is Cn1cc(C(=O)NC(Cc2ccccc2)C(=O)C(N)=O)c(-c2cccc3oc(=O)[nH]c23)n1. The van der Waals surface area contributed by atoms with Crippen LogP contribution in [0.25, 0.3) is 22.4 Å². The molecule has 0 saturated heterocycles. The van der Waals surface area contributed by atoms with Gasteiger partial charge < -0.3 is 15.5 Å². The molecule has 0 aliphatic heterocycles. The fourth-order valence-electron chi connectivity index (χ4n) is 3.49. The number of nitrogens with two attached hydrogens (primary N) is 1. The number of hydrogen-bond donors (Lipinski definition) is 3. The van der Waals surface area contributed by atoms with E-state index in [1.807, 2.05) is 6.07 Å². The van der Waals surface area contributed by atoms with Gasteiger partial charge in [-0.25, -0.2) is 4.79 Å². The van der Waals surface area contributed by atoms with E-state index in [-0.39, 0.29) is 17.7 Å². The number of fused-ring (bicyclic) bond motifs is 1. The highest BCUT2D eigenvalue weighted by molar-refractivity contribution is 6.38. The van der Waals surface area contributed by atoms with Gasteiger partial charge in [-0.15, -0.1) is 0 Å². The topological polar surface area (TPSA) is 153 Å². The van der Waals surface area contributed by atoms with Crippen molar-refractivity contribution in [1.82, 2.24) is 20.1 Å². The molecule has 2 aromatic carbocycles. The minimum Gasteiger partial charge on any atom is -0.408 e. The number of aromatic nitrogens is 3. The predicted octanol–water partition coefficient (Wildman–Crippen LogP) is 0.917. The molecule has 1 atom stereocenters. The van der Waals surface area contributed by atoms with E-state index in [9.17, 15) is 19.2 Å². The van der Waals surface area contributed by atoms with E-state index in [2.05, 4.69) is 15.4 Å². The largest absolute Gasteiger partial charge is 0.417 e. The molecule has 10 heteroatoms. The minimum absolute atomic E-state index is 0.0918. The first-order valence-electron chi connectivity index (χ1n) is 9.67. The number of benzene rings is 2. The highest BCUT2D eigenvalue weighted by Gasteiger charge is 2.28. The molecule has 0 radical (unpaired) electrons. The average molecular weight is 433 g/mol. The van der Waals surface area contributed by atoms with Crippen molar-refractivity contribution in [2.75, 3.05) is 0 Å². The third kappa shape index (κ3) is 4.06. The normalized spacial score (nSPS) is 11.9. The monoisotopic (exact) mass is 433 g/mol. The van der Waals surface area contributed by atoms with Crippen molar-refractivity contribution >= 4 is 28.7 Å². The Morgan fingerprint density at radius 3 is 2.62 bits per heavy atom. The number of carbonyl (C=O) groups excluding carboxylic acids is 3. The second kappa shape index (κ2) is 8.34. The molecule has 0 bridgehead atoms. The Kier molecular flexibility index (Phi) is 5.42. The van der Waals surface area contributed by atoms with Gasteiger partial charge >= 0.3 is 5.76 Å². The van der Waals surface area contributed by atoms with Gasteiger partial charge in [0.25, 0.3) is 11.8 Å². The van der Waals surface area contributed by atoms with Gasteiger partial charge in [-0.05, 0) is 11.6 Å². The first kappa shape index (κ1) is 20.8. The maximum atomic E-state index is 13.2. The van der Waals surface area contributed by atoms with Gasteiger partial charge in [-0.3, -0.25) is 24.0 Å². The summed E-state index contributed by atoms with van der Waals surface area (Å²) in [5.41, 5.74) is 7.55. The van der Waals surface area contributed by atoms with Crippen molar-refractivity contribution in [2.45, 2.75) is 12.5 Å². The molecular formula is C22H19N5O5. The van der Waals surface area contributed by atoms with Crippen LogP contribution in [0.4, 0.5) is 0 Å². The molecule has 2 heterocycles. The Balaban J connectivity index is 1.70. The predicted molar refractivity (Wildman–Crippen MR) is 115 cm³/mol. The Labute approximate surface area is 181 Å². The standard InChI is InChI=1S/C22H19N5O5/c1-27-11-14(17(26-27)13-8-5-9-16-18(13)25-22(31)32-16)21(30)24-15(19(28)20(23)29)10-12-6-3-2-4-7-12/h2-9,11,15H,10H2,1H3,(H2,23,29)(H,24,30)(H,25,31). The number of oxazole rings is 1. The zero-order valence-corrected chi connectivity index (χ0v) is 17.0. The lowest BCUT2D eigenvalue weighted by Gasteiger charge is -2.16. The summed E-state index contributed by atoms with van der Waals surface area (Å²) in [6.07, 6.45) is 1.57. The summed E-state index contributed by atoms with van der Waals surface area (Å²) in [5.74, 6) is -3.30. The van der Waals surface area contributed by atoms with E-state index in [1.54, 1.807) is 49.5 Å². The molecule has 4 rings (SSSR count). The van der Waals surface area contributed by atoms with Crippen LogP contribution in [0.2, 0.25) is 0 Å². The molecule has 10 nitrogen and oxygen atoms in total. The molecule has 0 spiro atoms. The number of H-pyrrole nitrogens is 1. The molecule has 0 aliphatic carbocycles. The fraction of sp³-hybridized carbons (Fsp3) is 0.136. The third-order valence-electron chi connectivity index (χ3n) is 4.93. The summed E-state index contributed by atoms with van der Waals surface area (Å²) in [4.78, 5) is 51.3.